The third kappa shape index (κ3) is 4.95. The number of nitrogens with two attached hydrogens (primary N) is 1. The molecule has 1 aromatic carbocycles. The van der Waals surface area contributed by atoms with Crippen molar-refractivity contribution >= 4 is 34.8 Å². The summed E-state index contributed by atoms with van der Waals surface area (Å²) in [5.41, 5.74) is 6.31. The lowest BCUT2D eigenvalue weighted by molar-refractivity contribution is 0.0240. The van der Waals surface area contributed by atoms with Gasteiger partial charge in [-0.1, -0.05) is 0 Å². The molecule has 6 nitrogen and oxygen atoms in total. The van der Waals surface area contributed by atoms with E-state index in [1.165, 1.54) is 12.1 Å². The lowest BCUT2D eigenvalue weighted by atomic mass is 10.2. The Bertz CT molecular complexity index is 625. The number of carbonyl (C=O) groups is 1. The van der Waals surface area contributed by atoms with Crippen LogP contribution < -0.4 is 16.0 Å². The zero-order chi connectivity index (χ0) is 17.9. The summed E-state index contributed by atoms with van der Waals surface area (Å²) in [6.45, 7) is 7.79. The van der Waals surface area contributed by atoms with Crippen LogP contribution in [0.5, 0.6) is 0 Å². The summed E-state index contributed by atoms with van der Waals surface area (Å²) < 4.78 is 18.9. The quantitative estimate of drug-likeness (QED) is 0.796. The van der Waals surface area contributed by atoms with Crippen LogP contribution in [-0.4, -0.2) is 47.9 Å². The highest BCUT2D eigenvalue weighted by atomic mass is 32.1. The van der Waals surface area contributed by atoms with E-state index in [1.54, 1.807) is 11.0 Å². The number of anilines is 2. The number of thiocarbonyl (C=S) groups is 1. The van der Waals surface area contributed by atoms with Crippen molar-refractivity contribution in [1.82, 2.24) is 4.90 Å². The first-order chi connectivity index (χ1) is 11.2. The predicted molar refractivity (Wildman–Crippen MR) is 96.8 cm³/mol. The summed E-state index contributed by atoms with van der Waals surface area (Å²) in [5.74, 6) is -0.370. The van der Waals surface area contributed by atoms with E-state index in [4.69, 9.17) is 22.7 Å². The Morgan fingerprint density at radius 2 is 1.92 bits per heavy atom. The van der Waals surface area contributed by atoms with Gasteiger partial charge in [-0.3, -0.25) is 0 Å². The van der Waals surface area contributed by atoms with E-state index in [1.807, 2.05) is 20.8 Å². The number of piperazine rings is 1. The van der Waals surface area contributed by atoms with E-state index in [-0.39, 0.29) is 17.0 Å². The highest BCUT2D eigenvalue weighted by Crippen LogP contribution is 2.28. The van der Waals surface area contributed by atoms with Crippen molar-refractivity contribution in [2.75, 3.05) is 36.4 Å². The van der Waals surface area contributed by atoms with Gasteiger partial charge < -0.3 is 25.6 Å². The van der Waals surface area contributed by atoms with Crippen molar-refractivity contribution in [3.8, 4) is 0 Å². The Hall–Kier alpha value is -2.09. The van der Waals surface area contributed by atoms with Crippen molar-refractivity contribution in [2.45, 2.75) is 26.4 Å². The topological polar surface area (TPSA) is 70.8 Å². The van der Waals surface area contributed by atoms with Gasteiger partial charge in [-0.2, -0.15) is 0 Å². The fourth-order valence-electron chi connectivity index (χ4n) is 2.47. The standard InChI is InChI=1S/C16H23FN4O2S/c1-16(2,3)23-15(22)21-8-6-20(7-9-21)13-5-4-11(17)10-12(13)19-14(18)24/h4-5,10H,6-9H2,1-3H3,(H3,18,19,24). The molecule has 0 atom stereocenters. The second-order valence-electron chi connectivity index (χ2n) is 6.61. The SMILES string of the molecule is CC(C)(C)OC(=O)N1CCN(c2ccc(F)cc2NC(N)=S)CC1. The molecule has 24 heavy (non-hydrogen) atoms. The second kappa shape index (κ2) is 7.21. The van der Waals surface area contributed by atoms with Crippen LogP contribution in [0.3, 0.4) is 0 Å². The fraction of sp³-hybridized carbons (Fsp3) is 0.500. The number of amides is 1. The number of hydrogen-bond donors (Lipinski definition) is 2. The van der Waals surface area contributed by atoms with Gasteiger partial charge in [0.15, 0.2) is 5.11 Å². The average Bonchev–Trinajstić information content (AvgIpc) is 2.45. The first-order valence-electron chi connectivity index (χ1n) is 7.74. The Morgan fingerprint density at radius 1 is 1.29 bits per heavy atom. The smallest absolute Gasteiger partial charge is 0.410 e. The van der Waals surface area contributed by atoms with Crippen LogP contribution in [-0.2, 0) is 4.74 Å². The Balaban J connectivity index is 2.04. The summed E-state index contributed by atoms with van der Waals surface area (Å²) >= 11 is 4.84. The first kappa shape index (κ1) is 18.3. The third-order valence-electron chi connectivity index (χ3n) is 3.49. The van der Waals surface area contributed by atoms with Crippen molar-refractivity contribution in [3.63, 3.8) is 0 Å². The molecule has 1 aliphatic heterocycles. The number of nitrogens with zero attached hydrogens (tertiary/aromatic N) is 2. The van der Waals surface area contributed by atoms with Gasteiger partial charge in [-0.25, -0.2) is 9.18 Å². The van der Waals surface area contributed by atoms with Crippen LogP contribution in [0.1, 0.15) is 20.8 Å². The van der Waals surface area contributed by atoms with Crippen molar-refractivity contribution in [3.05, 3.63) is 24.0 Å². The molecular formula is C16H23FN4O2S. The van der Waals surface area contributed by atoms with Gasteiger partial charge >= 0.3 is 6.09 Å². The van der Waals surface area contributed by atoms with Crippen LogP contribution in [0.4, 0.5) is 20.6 Å². The molecule has 1 aliphatic rings. The number of ether oxygens (including phenoxy) is 1. The summed E-state index contributed by atoms with van der Waals surface area (Å²) in [7, 11) is 0. The largest absolute Gasteiger partial charge is 0.444 e. The second-order valence-corrected chi connectivity index (χ2v) is 7.04. The van der Waals surface area contributed by atoms with Crippen LogP contribution in [0, 0.1) is 5.82 Å². The molecule has 0 aliphatic carbocycles. The molecule has 0 unspecified atom stereocenters. The molecule has 0 spiro atoms. The average molecular weight is 354 g/mol. The van der Waals surface area contributed by atoms with Crippen molar-refractivity contribution < 1.29 is 13.9 Å². The van der Waals surface area contributed by atoms with Crippen LogP contribution in [0.15, 0.2) is 18.2 Å². The maximum atomic E-state index is 13.5. The fourth-order valence-corrected chi connectivity index (χ4v) is 2.58. The monoisotopic (exact) mass is 354 g/mol. The number of carbonyl (C=O) groups excluding carboxylic acids is 1. The minimum Gasteiger partial charge on any atom is -0.444 e. The maximum Gasteiger partial charge on any atom is 0.410 e. The molecule has 0 radical (unpaired) electrons. The summed E-state index contributed by atoms with van der Waals surface area (Å²) in [6, 6.07) is 4.42. The molecule has 8 heteroatoms. The maximum absolute atomic E-state index is 13.5. The number of nitrogens with one attached hydrogen (secondary N) is 1. The normalized spacial score (nSPS) is 15.2. The van der Waals surface area contributed by atoms with Gasteiger partial charge in [0.25, 0.3) is 0 Å². The summed E-state index contributed by atoms with van der Waals surface area (Å²) in [4.78, 5) is 15.8. The minimum atomic E-state index is -0.515. The molecule has 0 bridgehead atoms. The molecule has 0 saturated carbocycles. The highest BCUT2D eigenvalue weighted by molar-refractivity contribution is 7.80. The Labute approximate surface area is 146 Å². The van der Waals surface area contributed by atoms with Gasteiger partial charge in [0.05, 0.1) is 11.4 Å². The molecule has 1 amide bonds. The zero-order valence-corrected chi connectivity index (χ0v) is 15.0. The van der Waals surface area contributed by atoms with E-state index in [2.05, 4.69) is 10.2 Å². The van der Waals surface area contributed by atoms with Gasteiger partial charge in [-0.05, 0) is 51.2 Å². The molecule has 1 aromatic rings. The molecule has 1 fully saturated rings. The molecule has 132 valence electrons. The third-order valence-corrected chi connectivity index (χ3v) is 3.59. The molecule has 0 aromatic heterocycles. The van der Waals surface area contributed by atoms with Crippen molar-refractivity contribution in [1.29, 1.82) is 0 Å². The number of rotatable bonds is 2. The highest BCUT2D eigenvalue weighted by Gasteiger charge is 2.26. The molecule has 2 rings (SSSR count). The van der Waals surface area contributed by atoms with Crippen LogP contribution >= 0.6 is 12.2 Å². The van der Waals surface area contributed by atoms with Gasteiger partial charge in [0.1, 0.15) is 11.4 Å². The van der Waals surface area contributed by atoms with E-state index in [0.717, 1.165) is 5.69 Å². The van der Waals surface area contributed by atoms with E-state index >= 15 is 0 Å². The molecule has 3 N–H and O–H groups in total. The van der Waals surface area contributed by atoms with Crippen molar-refractivity contribution in [2.24, 2.45) is 5.73 Å². The predicted octanol–water partition coefficient (Wildman–Crippen LogP) is 2.54. The number of halogens is 1. The Kier molecular flexibility index (Phi) is 5.48. The number of benzene rings is 1. The molecule has 1 saturated heterocycles. The lowest BCUT2D eigenvalue weighted by Gasteiger charge is -2.37. The van der Waals surface area contributed by atoms with Gasteiger partial charge in [0.2, 0.25) is 0 Å². The first-order valence-corrected chi connectivity index (χ1v) is 8.15. The van der Waals surface area contributed by atoms with Crippen LogP contribution in [0.25, 0.3) is 0 Å². The Morgan fingerprint density at radius 3 is 2.46 bits per heavy atom. The van der Waals surface area contributed by atoms with E-state index in [0.29, 0.717) is 31.9 Å². The molecule has 1 heterocycles. The minimum absolute atomic E-state index is 0.0780. The van der Waals surface area contributed by atoms with Gasteiger partial charge in [0, 0.05) is 26.2 Å². The molecular weight excluding hydrogens is 331 g/mol. The zero-order valence-electron chi connectivity index (χ0n) is 14.1. The van der Waals surface area contributed by atoms with Crippen LogP contribution in [0.2, 0.25) is 0 Å². The number of hydrogen-bond acceptors (Lipinski definition) is 4. The van der Waals surface area contributed by atoms with Gasteiger partial charge in [-0.15, -0.1) is 0 Å². The lowest BCUT2D eigenvalue weighted by Crippen LogP contribution is -2.50. The van der Waals surface area contributed by atoms with E-state index < -0.39 is 5.60 Å². The summed E-state index contributed by atoms with van der Waals surface area (Å²) in [5, 5.41) is 2.88. The van der Waals surface area contributed by atoms with E-state index in [9.17, 15) is 9.18 Å². The summed E-state index contributed by atoms with van der Waals surface area (Å²) in [6.07, 6.45) is -0.317.